The van der Waals surface area contributed by atoms with Crippen molar-refractivity contribution in [2.45, 2.75) is 42.9 Å². The van der Waals surface area contributed by atoms with Crippen LogP contribution < -0.4 is 5.32 Å². The molecule has 1 aromatic rings. The first-order valence-electron chi connectivity index (χ1n) is 9.97. The van der Waals surface area contributed by atoms with E-state index in [0.717, 1.165) is 0 Å². The molecule has 2 fully saturated rings. The van der Waals surface area contributed by atoms with Crippen LogP contribution in [0.25, 0.3) is 0 Å². The van der Waals surface area contributed by atoms with Crippen molar-refractivity contribution in [3.8, 4) is 6.07 Å². The molecule has 152 valence electrons. The third-order valence-electron chi connectivity index (χ3n) is 5.66. The topological polar surface area (TPSA) is 93.5 Å². The SMILES string of the molecule is N#CCNC(=O)CN1CCN(S(=O)(=O)c2ccc(C3CCCCC3)cc2)CC1. The van der Waals surface area contributed by atoms with Crippen LogP contribution in [0.15, 0.2) is 29.2 Å². The number of benzene rings is 1. The van der Waals surface area contributed by atoms with E-state index in [1.807, 2.05) is 23.1 Å². The standard InChI is InChI=1S/C20H28N4O3S/c21-10-11-22-20(25)16-23-12-14-24(15-13-23)28(26,27)19-8-6-18(7-9-19)17-4-2-1-3-5-17/h6-9,17H,1-5,11-16H2,(H,22,25). The summed E-state index contributed by atoms with van der Waals surface area (Å²) in [5.74, 6) is 0.345. The lowest BCUT2D eigenvalue weighted by molar-refractivity contribution is -0.122. The summed E-state index contributed by atoms with van der Waals surface area (Å²) in [6, 6.07) is 9.28. The Hall–Kier alpha value is -1.95. The van der Waals surface area contributed by atoms with Crippen molar-refractivity contribution >= 4 is 15.9 Å². The first-order valence-corrected chi connectivity index (χ1v) is 11.4. The van der Waals surface area contributed by atoms with Crippen molar-refractivity contribution in [2.24, 2.45) is 0 Å². The van der Waals surface area contributed by atoms with E-state index >= 15 is 0 Å². The van der Waals surface area contributed by atoms with Crippen molar-refractivity contribution in [1.29, 1.82) is 5.26 Å². The number of amides is 1. The number of nitrogens with zero attached hydrogens (tertiary/aromatic N) is 3. The van der Waals surface area contributed by atoms with Crippen molar-refractivity contribution in [1.82, 2.24) is 14.5 Å². The van der Waals surface area contributed by atoms with Crippen LogP contribution in [-0.4, -0.2) is 62.8 Å². The molecule has 3 rings (SSSR count). The van der Waals surface area contributed by atoms with Gasteiger partial charge in [-0.15, -0.1) is 0 Å². The zero-order chi connectivity index (χ0) is 20.0. The third-order valence-corrected chi connectivity index (χ3v) is 7.57. The lowest BCUT2D eigenvalue weighted by atomic mass is 9.84. The molecule has 0 spiro atoms. The van der Waals surface area contributed by atoms with Gasteiger partial charge in [-0.3, -0.25) is 9.69 Å². The van der Waals surface area contributed by atoms with Gasteiger partial charge in [-0.2, -0.15) is 9.57 Å². The van der Waals surface area contributed by atoms with Gasteiger partial charge >= 0.3 is 0 Å². The molecule has 1 saturated heterocycles. The van der Waals surface area contributed by atoms with E-state index in [9.17, 15) is 13.2 Å². The van der Waals surface area contributed by atoms with Crippen molar-refractivity contribution in [3.05, 3.63) is 29.8 Å². The summed E-state index contributed by atoms with van der Waals surface area (Å²) >= 11 is 0. The summed E-state index contributed by atoms with van der Waals surface area (Å²) < 4.78 is 27.4. The Morgan fingerprint density at radius 2 is 1.71 bits per heavy atom. The Bertz CT molecular complexity index is 803. The number of piperazine rings is 1. The molecule has 8 heteroatoms. The minimum absolute atomic E-state index is 0.00989. The molecule has 1 aromatic carbocycles. The Morgan fingerprint density at radius 1 is 1.07 bits per heavy atom. The van der Waals surface area contributed by atoms with Crippen LogP contribution in [0.1, 0.15) is 43.6 Å². The second-order valence-electron chi connectivity index (χ2n) is 7.52. The Labute approximate surface area is 167 Å². The molecule has 0 bridgehead atoms. The van der Waals surface area contributed by atoms with Gasteiger partial charge in [-0.25, -0.2) is 8.42 Å². The van der Waals surface area contributed by atoms with Crippen molar-refractivity contribution < 1.29 is 13.2 Å². The first-order chi connectivity index (χ1) is 13.5. The second-order valence-corrected chi connectivity index (χ2v) is 9.46. The lowest BCUT2D eigenvalue weighted by Gasteiger charge is -2.33. The van der Waals surface area contributed by atoms with Gasteiger partial charge in [0, 0.05) is 26.2 Å². The fraction of sp³-hybridized carbons (Fsp3) is 0.600. The molecular formula is C20H28N4O3S. The van der Waals surface area contributed by atoms with E-state index in [1.165, 1.54) is 42.0 Å². The highest BCUT2D eigenvalue weighted by atomic mass is 32.2. The average molecular weight is 405 g/mol. The number of nitriles is 1. The molecule has 28 heavy (non-hydrogen) atoms. The number of sulfonamides is 1. The summed E-state index contributed by atoms with van der Waals surface area (Å²) in [7, 11) is -3.51. The predicted octanol–water partition coefficient (Wildman–Crippen LogP) is 1.68. The van der Waals surface area contributed by atoms with E-state index in [2.05, 4.69) is 5.32 Å². The smallest absolute Gasteiger partial charge is 0.243 e. The van der Waals surface area contributed by atoms with E-state index in [1.54, 1.807) is 12.1 Å². The average Bonchev–Trinajstić information content (AvgIpc) is 2.73. The molecule has 1 N–H and O–H groups in total. The van der Waals surface area contributed by atoms with Gasteiger partial charge in [0.2, 0.25) is 15.9 Å². The highest BCUT2D eigenvalue weighted by molar-refractivity contribution is 7.89. The predicted molar refractivity (Wildman–Crippen MR) is 106 cm³/mol. The summed E-state index contributed by atoms with van der Waals surface area (Å²) in [5.41, 5.74) is 1.24. The zero-order valence-electron chi connectivity index (χ0n) is 16.1. The fourth-order valence-electron chi connectivity index (χ4n) is 4.02. The van der Waals surface area contributed by atoms with Gasteiger partial charge < -0.3 is 5.32 Å². The third kappa shape index (κ3) is 5.10. The summed E-state index contributed by atoms with van der Waals surface area (Å²) in [5, 5.41) is 11.0. The van der Waals surface area contributed by atoms with Crippen LogP contribution in [0, 0.1) is 11.3 Å². The highest BCUT2D eigenvalue weighted by Gasteiger charge is 2.29. The Balaban J connectivity index is 1.56. The maximum atomic E-state index is 12.9. The molecule has 0 radical (unpaired) electrons. The van der Waals surface area contributed by atoms with E-state index in [4.69, 9.17) is 5.26 Å². The molecule has 1 aliphatic carbocycles. The Morgan fingerprint density at radius 3 is 2.32 bits per heavy atom. The summed E-state index contributed by atoms with van der Waals surface area (Å²) in [6.07, 6.45) is 6.19. The van der Waals surface area contributed by atoms with Crippen LogP contribution >= 0.6 is 0 Å². The highest BCUT2D eigenvalue weighted by Crippen LogP contribution is 2.33. The number of nitrogens with one attached hydrogen (secondary N) is 1. The monoisotopic (exact) mass is 404 g/mol. The maximum Gasteiger partial charge on any atom is 0.243 e. The van der Waals surface area contributed by atoms with E-state index in [0.29, 0.717) is 37.0 Å². The van der Waals surface area contributed by atoms with Crippen LogP contribution in [0.5, 0.6) is 0 Å². The molecule has 1 aliphatic heterocycles. The molecule has 1 heterocycles. The number of carbonyl (C=O) groups excluding carboxylic acids is 1. The largest absolute Gasteiger partial charge is 0.342 e. The molecule has 7 nitrogen and oxygen atoms in total. The van der Waals surface area contributed by atoms with Gasteiger partial charge in [0.15, 0.2) is 0 Å². The van der Waals surface area contributed by atoms with Crippen LogP contribution in [0.4, 0.5) is 0 Å². The molecule has 2 aliphatic rings. The van der Waals surface area contributed by atoms with E-state index in [-0.39, 0.29) is 19.0 Å². The second kappa shape index (κ2) is 9.50. The number of hydrogen-bond donors (Lipinski definition) is 1. The molecule has 0 aromatic heterocycles. The number of carbonyl (C=O) groups is 1. The fourth-order valence-corrected chi connectivity index (χ4v) is 5.44. The zero-order valence-corrected chi connectivity index (χ0v) is 17.0. The molecule has 1 amide bonds. The van der Waals surface area contributed by atoms with Crippen LogP contribution in [0.3, 0.4) is 0 Å². The van der Waals surface area contributed by atoms with Crippen LogP contribution in [-0.2, 0) is 14.8 Å². The molecular weight excluding hydrogens is 376 g/mol. The van der Waals surface area contributed by atoms with Gasteiger partial charge in [-0.05, 0) is 36.5 Å². The number of rotatable bonds is 6. The quantitative estimate of drug-likeness (QED) is 0.728. The van der Waals surface area contributed by atoms with Gasteiger partial charge in [-0.1, -0.05) is 31.4 Å². The number of hydrogen-bond acceptors (Lipinski definition) is 5. The van der Waals surface area contributed by atoms with E-state index < -0.39 is 10.0 Å². The molecule has 0 unspecified atom stereocenters. The summed E-state index contributed by atoms with van der Waals surface area (Å²) in [6.45, 7) is 1.89. The molecule has 0 atom stereocenters. The van der Waals surface area contributed by atoms with Crippen molar-refractivity contribution in [3.63, 3.8) is 0 Å². The van der Waals surface area contributed by atoms with Crippen molar-refractivity contribution in [2.75, 3.05) is 39.3 Å². The minimum atomic E-state index is -3.51. The van der Waals surface area contributed by atoms with Gasteiger partial charge in [0.05, 0.1) is 17.5 Å². The Kier molecular flexibility index (Phi) is 7.05. The molecule has 1 saturated carbocycles. The normalized spacial score (nSPS) is 19.8. The van der Waals surface area contributed by atoms with Gasteiger partial charge in [0.25, 0.3) is 0 Å². The minimum Gasteiger partial charge on any atom is -0.342 e. The van der Waals surface area contributed by atoms with Gasteiger partial charge in [0.1, 0.15) is 6.54 Å². The first kappa shape index (κ1) is 20.8. The van der Waals surface area contributed by atoms with Crippen LogP contribution in [0.2, 0.25) is 0 Å². The maximum absolute atomic E-state index is 12.9. The summed E-state index contributed by atoms with van der Waals surface area (Å²) in [4.78, 5) is 13.9. The lowest BCUT2D eigenvalue weighted by Crippen LogP contribution is -2.51.